The second kappa shape index (κ2) is 6.86. The molecule has 2 rings (SSSR count). The van der Waals surface area contributed by atoms with Gasteiger partial charge in [0.15, 0.2) is 0 Å². The van der Waals surface area contributed by atoms with Crippen molar-refractivity contribution in [2.75, 3.05) is 13.1 Å². The van der Waals surface area contributed by atoms with Crippen LogP contribution >= 0.6 is 31.9 Å². The van der Waals surface area contributed by atoms with Crippen LogP contribution in [0.25, 0.3) is 0 Å². The number of hydrogen-bond donors (Lipinski definition) is 1. The Kier molecular flexibility index (Phi) is 5.42. The third-order valence-electron chi connectivity index (χ3n) is 3.50. The maximum Gasteiger partial charge on any atom is 0.325 e. The van der Waals surface area contributed by atoms with Crippen LogP contribution in [0, 0.1) is 0 Å². The molecule has 0 radical (unpaired) electrons. The fourth-order valence-electron chi connectivity index (χ4n) is 2.55. The largest absolute Gasteiger partial charge is 0.480 e. The Hall–Kier alpha value is -0.390. The lowest BCUT2D eigenvalue weighted by molar-refractivity contribution is -0.143. The van der Waals surface area contributed by atoms with Gasteiger partial charge in [0.1, 0.15) is 6.04 Å². The molecular weight excluding hydrogens is 374 g/mol. The van der Waals surface area contributed by atoms with Gasteiger partial charge in [-0.25, -0.2) is 0 Å². The maximum absolute atomic E-state index is 11.6. The smallest absolute Gasteiger partial charge is 0.325 e. The van der Waals surface area contributed by atoms with Crippen LogP contribution in [0.1, 0.15) is 37.3 Å². The quantitative estimate of drug-likeness (QED) is 0.840. The summed E-state index contributed by atoms with van der Waals surface area (Å²) < 4.78 is 1.84. The summed E-state index contributed by atoms with van der Waals surface area (Å²) in [6, 6.07) is 5.14. The van der Waals surface area contributed by atoms with E-state index in [-0.39, 0.29) is 0 Å². The Morgan fingerprint density at radius 3 is 2.26 bits per heavy atom. The summed E-state index contributed by atoms with van der Waals surface area (Å²) in [5.41, 5.74) is 0.837. The van der Waals surface area contributed by atoms with Gasteiger partial charge in [-0.3, -0.25) is 9.69 Å². The number of hydrogen-bond acceptors (Lipinski definition) is 2. The first-order valence-corrected chi connectivity index (χ1v) is 8.10. The van der Waals surface area contributed by atoms with Crippen molar-refractivity contribution in [3.05, 3.63) is 32.7 Å². The van der Waals surface area contributed by atoms with Crippen LogP contribution in [0.5, 0.6) is 0 Å². The van der Waals surface area contributed by atoms with E-state index in [4.69, 9.17) is 0 Å². The van der Waals surface area contributed by atoms with Gasteiger partial charge in [-0.2, -0.15) is 0 Å². The van der Waals surface area contributed by atoms with Gasteiger partial charge in [0.2, 0.25) is 0 Å². The molecule has 104 valence electrons. The van der Waals surface area contributed by atoms with Crippen molar-refractivity contribution in [3.63, 3.8) is 0 Å². The molecule has 1 N–H and O–H groups in total. The van der Waals surface area contributed by atoms with E-state index in [2.05, 4.69) is 36.8 Å². The molecule has 0 saturated carbocycles. The molecule has 0 bridgehead atoms. The number of nitrogens with zero attached hydrogens (tertiary/aromatic N) is 1. The first-order valence-electron chi connectivity index (χ1n) is 6.51. The van der Waals surface area contributed by atoms with Crippen LogP contribution in [0.15, 0.2) is 27.1 Å². The van der Waals surface area contributed by atoms with Gasteiger partial charge in [-0.1, -0.05) is 18.9 Å². The Balaban J connectivity index is 2.27. The summed E-state index contributed by atoms with van der Waals surface area (Å²) in [6.07, 6.45) is 4.57. The highest BCUT2D eigenvalue weighted by Crippen LogP contribution is 2.30. The van der Waals surface area contributed by atoms with Gasteiger partial charge >= 0.3 is 5.97 Å². The standard InChI is InChI=1S/C14H17Br2NO2/c15-11-6-5-10(9-12(11)16)13(14(18)19)17-7-3-1-2-4-8-17/h5-6,9,13H,1-4,7-8H2,(H,18,19). The van der Waals surface area contributed by atoms with Gasteiger partial charge in [0, 0.05) is 8.95 Å². The molecule has 0 spiro atoms. The summed E-state index contributed by atoms with van der Waals surface area (Å²) in [5, 5.41) is 9.56. The molecule has 3 nitrogen and oxygen atoms in total. The summed E-state index contributed by atoms with van der Waals surface area (Å²) in [7, 11) is 0. The average Bonchev–Trinajstić information content (AvgIpc) is 2.62. The zero-order valence-electron chi connectivity index (χ0n) is 10.6. The molecule has 1 aliphatic heterocycles. The molecule has 1 fully saturated rings. The molecule has 5 heteroatoms. The van der Waals surface area contributed by atoms with Crippen LogP contribution in [-0.4, -0.2) is 29.1 Å². The Morgan fingerprint density at radius 1 is 1.11 bits per heavy atom. The molecular formula is C14H17Br2NO2. The molecule has 0 aliphatic carbocycles. The first-order chi connectivity index (χ1) is 9.09. The maximum atomic E-state index is 11.6. The average molecular weight is 391 g/mol. The fourth-order valence-corrected chi connectivity index (χ4v) is 3.19. The van der Waals surface area contributed by atoms with E-state index in [0.717, 1.165) is 40.4 Å². The van der Waals surface area contributed by atoms with Crippen LogP contribution in [0.2, 0.25) is 0 Å². The topological polar surface area (TPSA) is 40.5 Å². The van der Waals surface area contributed by atoms with E-state index in [9.17, 15) is 9.90 Å². The number of carbonyl (C=O) groups is 1. The minimum Gasteiger partial charge on any atom is -0.480 e. The molecule has 1 aromatic rings. The monoisotopic (exact) mass is 389 g/mol. The molecule has 19 heavy (non-hydrogen) atoms. The van der Waals surface area contributed by atoms with E-state index in [1.807, 2.05) is 18.2 Å². The minimum absolute atomic E-state index is 0.539. The third-order valence-corrected chi connectivity index (χ3v) is 5.38. The zero-order chi connectivity index (χ0) is 13.8. The van der Waals surface area contributed by atoms with Crippen LogP contribution in [0.3, 0.4) is 0 Å². The molecule has 1 aromatic carbocycles. The number of benzene rings is 1. The van der Waals surface area contributed by atoms with Crippen LogP contribution in [0.4, 0.5) is 0 Å². The molecule has 1 heterocycles. The molecule has 1 saturated heterocycles. The number of carboxylic acid groups (broad SMARTS) is 1. The Labute approximate surface area is 130 Å². The number of rotatable bonds is 3. The van der Waals surface area contributed by atoms with Crippen LogP contribution < -0.4 is 0 Å². The summed E-state index contributed by atoms with van der Waals surface area (Å²) in [4.78, 5) is 13.7. The third kappa shape index (κ3) is 3.80. The van der Waals surface area contributed by atoms with Crippen molar-refractivity contribution in [3.8, 4) is 0 Å². The second-order valence-corrected chi connectivity index (χ2v) is 6.57. The van der Waals surface area contributed by atoms with E-state index in [0.29, 0.717) is 0 Å². The Bertz CT molecular complexity index is 457. The lowest BCUT2D eigenvalue weighted by Gasteiger charge is -2.27. The fraction of sp³-hybridized carbons (Fsp3) is 0.500. The van der Waals surface area contributed by atoms with E-state index in [1.54, 1.807) is 0 Å². The van der Waals surface area contributed by atoms with Crippen molar-refractivity contribution in [2.45, 2.75) is 31.7 Å². The number of carboxylic acids is 1. The van der Waals surface area contributed by atoms with Crippen molar-refractivity contribution in [2.24, 2.45) is 0 Å². The van der Waals surface area contributed by atoms with Crippen molar-refractivity contribution in [1.82, 2.24) is 4.90 Å². The predicted octanol–water partition coefficient (Wildman–Crippen LogP) is 4.21. The van der Waals surface area contributed by atoms with Crippen LogP contribution in [-0.2, 0) is 4.79 Å². The first kappa shape index (κ1) is 15.0. The highest BCUT2D eigenvalue weighted by molar-refractivity contribution is 9.13. The van der Waals surface area contributed by atoms with Gasteiger partial charge in [0.05, 0.1) is 0 Å². The van der Waals surface area contributed by atoms with Gasteiger partial charge < -0.3 is 5.11 Å². The Morgan fingerprint density at radius 2 is 1.74 bits per heavy atom. The van der Waals surface area contributed by atoms with Crippen molar-refractivity contribution < 1.29 is 9.90 Å². The van der Waals surface area contributed by atoms with Crippen molar-refractivity contribution in [1.29, 1.82) is 0 Å². The lowest BCUT2D eigenvalue weighted by Crippen LogP contribution is -2.34. The molecule has 1 atom stereocenters. The summed E-state index contributed by atoms with van der Waals surface area (Å²) in [5.74, 6) is -0.767. The highest BCUT2D eigenvalue weighted by atomic mass is 79.9. The highest BCUT2D eigenvalue weighted by Gasteiger charge is 2.28. The van der Waals surface area contributed by atoms with E-state index in [1.165, 1.54) is 12.8 Å². The zero-order valence-corrected chi connectivity index (χ0v) is 13.8. The lowest BCUT2D eigenvalue weighted by atomic mass is 10.1. The molecule has 0 amide bonds. The number of likely N-dealkylation sites (tertiary alicyclic amines) is 1. The summed E-state index contributed by atoms with van der Waals surface area (Å²) in [6.45, 7) is 1.73. The van der Waals surface area contributed by atoms with E-state index < -0.39 is 12.0 Å². The number of aliphatic carboxylic acids is 1. The SMILES string of the molecule is O=C(O)C(c1ccc(Br)c(Br)c1)N1CCCCCC1. The normalized spacial score (nSPS) is 18.8. The minimum atomic E-state index is -0.767. The summed E-state index contributed by atoms with van der Waals surface area (Å²) >= 11 is 6.86. The van der Waals surface area contributed by atoms with Gasteiger partial charge in [-0.15, -0.1) is 0 Å². The van der Waals surface area contributed by atoms with Gasteiger partial charge in [-0.05, 0) is 75.5 Å². The molecule has 1 aliphatic rings. The molecule has 1 unspecified atom stereocenters. The van der Waals surface area contributed by atoms with E-state index >= 15 is 0 Å². The molecule has 0 aromatic heterocycles. The predicted molar refractivity (Wildman–Crippen MR) is 82.3 cm³/mol. The van der Waals surface area contributed by atoms with Crippen molar-refractivity contribution >= 4 is 37.8 Å². The number of halogens is 2. The van der Waals surface area contributed by atoms with Gasteiger partial charge in [0.25, 0.3) is 0 Å². The second-order valence-electron chi connectivity index (χ2n) is 4.86.